The maximum absolute atomic E-state index is 10.9. The van der Waals surface area contributed by atoms with Crippen LogP contribution < -0.4 is 0 Å². The van der Waals surface area contributed by atoms with E-state index < -0.39 is 5.60 Å². The fourth-order valence-corrected chi connectivity index (χ4v) is 4.77. The van der Waals surface area contributed by atoms with Crippen LogP contribution in [0.2, 0.25) is 0 Å². The summed E-state index contributed by atoms with van der Waals surface area (Å²) in [5.41, 5.74) is 0.754. The van der Waals surface area contributed by atoms with Crippen molar-refractivity contribution < 1.29 is 9.63 Å². The van der Waals surface area contributed by atoms with Crippen molar-refractivity contribution in [1.29, 1.82) is 0 Å². The zero-order chi connectivity index (χ0) is 15.9. The van der Waals surface area contributed by atoms with Crippen LogP contribution in [-0.4, -0.2) is 33.9 Å². The molecule has 2 heterocycles. The average molecular weight is 318 g/mol. The molecule has 0 bridgehead atoms. The van der Waals surface area contributed by atoms with E-state index >= 15 is 0 Å². The second-order valence-electron chi connectivity index (χ2n) is 8.20. The third kappa shape index (κ3) is 3.20. The topological polar surface area (TPSA) is 49.5 Å². The van der Waals surface area contributed by atoms with Gasteiger partial charge in [-0.3, -0.25) is 4.90 Å². The molecule has 23 heavy (non-hydrogen) atoms. The predicted octanol–water partition coefficient (Wildman–Crippen LogP) is 3.71. The molecular formula is C19H30N2O2. The Hall–Kier alpha value is -0.870. The first kappa shape index (κ1) is 15.6. The van der Waals surface area contributed by atoms with Crippen molar-refractivity contribution in [1.82, 2.24) is 10.1 Å². The van der Waals surface area contributed by atoms with Crippen molar-refractivity contribution in [2.45, 2.75) is 76.4 Å². The van der Waals surface area contributed by atoms with Crippen molar-refractivity contribution >= 4 is 0 Å². The van der Waals surface area contributed by atoms with Gasteiger partial charge in [0.2, 0.25) is 0 Å². The Bertz CT molecular complexity index is 533. The lowest BCUT2D eigenvalue weighted by molar-refractivity contribution is -0.0842. The molecule has 4 nitrogen and oxygen atoms in total. The fourth-order valence-electron chi connectivity index (χ4n) is 4.77. The number of aliphatic hydroxyl groups is 1. The van der Waals surface area contributed by atoms with Crippen LogP contribution in [0.15, 0.2) is 10.6 Å². The van der Waals surface area contributed by atoms with Gasteiger partial charge in [-0.05, 0) is 43.9 Å². The number of aromatic nitrogens is 1. The first-order valence-corrected chi connectivity index (χ1v) is 9.55. The summed E-state index contributed by atoms with van der Waals surface area (Å²) in [5.74, 6) is 2.52. The van der Waals surface area contributed by atoms with Crippen LogP contribution in [0.3, 0.4) is 0 Å². The quantitative estimate of drug-likeness (QED) is 0.919. The SMILES string of the molecule is C[C@@H]1CN(Cc2cc(C3CCCCC3)no2)CC[C@@]1(O)C1CC1. The molecule has 0 amide bonds. The summed E-state index contributed by atoms with van der Waals surface area (Å²) in [6, 6.07) is 2.18. The molecule has 2 atom stereocenters. The van der Waals surface area contributed by atoms with Crippen LogP contribution in [0.4, 0.5) is 0 Å². The Kier molecular flexibility index (Phi) is 4.22. The summed E-state index contributed by atoms with van der Waals surface area (Å²) >= 11 is 0. The second-order valence-corrected chi connectivity index (χ2v) is 8.20. The van der Waals surface area contributed by atoms with Crippen LogP contribution in [0.5, 0.6) is 0 Å². The van der Waals surface area contributed by atoms with Crippen LogP contribution in [0.25, 0.3) is 0 Å². The molecule has 4 rings (SSSR count). The smallest absolute Gasteiger partial charge is 0.150 e. The van der Waals surface area contributed by atoms with E-state index in [1.165, 1.54) is 50.6 Å². The lowest BCUT2D eigenvalue weighted by Crippen LogP contribution is -2.51. The maximum atomic E-state index is 10.9. The molecule has 2 saturated carbocycles. The van der Waals surface area contributed by atoms with E-state index in [-0.39, 0.29) is 0 Å². The molecule has 1 aromatic rings. The highest BCUT2D eigenvalue weighted by molar-refractivity contribution is 5.12. The van der Waals surface area contributed by atoms with Gasteiger partial charge in [-0.15, -0.1) is 0 Å². The van der Waals surface area contributed by atoms with Crippen LogP contribution in [-0.2, 0) is 6.54 Å². The summed E-state index contributed by atoms with van der Waals surface area (Å²) in [6.45, 7) is 4.98. The van der Waals surface area contributed by atoms with Gasteiger partial charge in [-0.2, -0.15) is 0 Å². The van der Waals surface area contributed by atoms with Crippen LogP contribution in [0.1, 0.15) is 75.7 Å². The van der Waals surface area contributed by atoms with E-state index in [0.29, 0.717) is 17.8 Å². The zero-order valence-electron chi connectivity index (χ0n) is 14.3. The lowest BCUT2D eigenvalue weighted by Gasteiger charge is -2.43. The van der Waals surface area contributed by atoms with Gasteiger partial charge in [0.1, 0.15) is 0 Å². The molecule has 3 aliphatic rings. The van der Waals surface area contributed by atoms with Crippen LogP contribution >= 0.6 is 0 Å². The Morgan fingerprint density at radius 3 is 2.74 bits per heavy atom. The molecule has 0 unspecified atom stereocenters. The number of hydrogen-bond acceptors (Lipinski definition) is 4. The van der Waals surface area contributed by atoms with E-state index in [2.05, 4.69) is 23.0 Å². The minimum absolute atomic E-state index is 0.351. The van der Waals surface area contributed by atoms with Gasteiger partial charge < -0.3 is 9.63 Å². The predicted molar refractivity (Wildman–Crippen MR) is 89.1 cm³/mol. The number of nitrogens with zero attached hydrogens (tertiary/aromatic N) is 2. The normalized spacial score (nSPS) is 33.9. The molecule has 1 saturated heterocycles. The summed E-state index contributed by atoms with van der Waals surface area (Å²) in [4.78, 5) is 2.42. The average Bonchev–Trinajstić information content (AvgIpc) is 3.33. The van der Waals surface area contributed by atoms with Gasteiger partial charge in [-0.1, -0.05) is 31.3 Å². The van der Waals surface area contributed by atoms with E-state index in [1.54, 1.807) is 0 Å². The first-order valence-electron chi connectivity index (χ1n) is 9.55. The summed E-state index contributed by atoms with van der Waals surface area (Å²) in [7, 11) is 0. The van der Waals surface area contributed by atoms with E-state index in [4.69, 9.17) is 4.52 Å². The first-order chi connectivity index (χ1) is 11.1. The van der Waals surface area contributed by atoms with Crippen molar-refractivity contribution in [2.24, 2.45) is 11.8 Å². The molecule has 128 valence electrons. The molecule has 1 N–H and O–H groups in total. The molecule has 1 aliphatic heterocycles. The number of piperidine rings is 1. The number of rotatable bonds is 4. The Morgan fingerprint density at radius 1 is 1.26 bits per heavy atom. The summed E-state index contributed by atoms with van der Waals surface area (Å²) < 4.78 is 5.61. The minimum atomic E-state index is -0.412. The largest absolute Gasteiger partial charge is 0.389 e. The highest BCUT2D eigenvalue weighted by Gasteiger charge is 2.49. The Labute approximate surface area is 139 Å². The van der Waals surface area contributed by atoms with Crippen molar-refractivity contribution in [3.05, 3.63) is 17.5 Å². The highest BCUT2D eigenvalue weighted by atomic mass is 16.5. The third-order valence-electron chi connectivity index (χ3n) is 6.48. The highest BCUT2D eigenvalue weighted by Crippen LogP contribution is 2.47. The zero-order valence-corrected chi connectivity index (χ0v) is 14.3. The molecule has 0 spiro atoms. The Morgan fingerprint density at radius 2 is 2.04 bits per heavy atom. The van der Waals surface area contributed by atoms with Gasteiger partial charge in [0.05, 0.1) is 17.8 Å². The number of hydrogen-bond donors (Lipinski definition) is 1. The van der Waals surface area contributed by atoms with Gasteiger partial charge in [-0.25, -0.2) is 0 Å². The van der Waals surface area contributed by atoms with Gasteiger partial charge in [0.15, 0.2) is 5.76 Å². The monoisotopic (exact) mass is 318 g/mol. The van der Waals surface area contributed by atoms with E-state index in [9.17, 15) is 5.11 Å². The van der Waals surface area contributed by atoms with Crippen molar-refractivity contribution in [2.75, 3.05) is 13.1 Å². The lowest BCUT2D eigenvalue weighted by atomic mass is 9.78. The van der Waals surface area contributed by atoms with Gasteiger partial charge >= 0.3 is 0 Å². The van der Waals surface area contributed by atoms with Crippen LogP contribution in [0, 0.1) is 11.8 Å². The van der Waals surface area contributed by atoms with Crippen molar-refractivity contribution in [3.63, 3.8) is 0 Å². The molecule has 3 fully saturated rings. The molecule has 4 heteroatoms. The standard InChI is InChI=1S/C19H30N2O2/c1-14-12-21(10-9-19(14,22)16-7-8-16)13-17-11-18(20-23-17)15-5-3-2-4-6-15/h11,14-16,22H,2-10,12-13H2,1H3/t14-,19+/m1/s1. The molecule has 0 radical (unpaired) electrons. The summed E-state index contributed by atoms with van der Waals surface area (Å²) in [5, 5.41) is 15.2. The van der Waals surface area contributed by atoms with E-state index in [0.717, 1.165) is 31.8 Å². The summed E-state index contributed by atoms with van der Waals surface area (Å²) in [6.07, 6.45) is 9.90. The van der Waals surface area contributed by atoms with E-state index in [1.807, 2.05) is 0 Å². The number of likely N-dealkylation sites (tertiary alicyclic amines) is 1. The van der Waals surface area contributed by atoms with Gasteiger partial charge in [0, 0.05) is 25.1 Å². The maximum Gasteiger partial charge on any atom is 0.150 e. The van der Waals surface area contributed by atoms with Crippen molar-refractivity contribution in [3.8, 4) is 0 Å². The fraction of sp³-hybridized carbons (Fsp3) is 0.842. The second kappa shape index (κ2) is 6.21. The molecular weight excluding hydrogens is 288 g/mol. The molecule has 2 aliphatic carbocycles. The third-order valence-corrected chi connectivity index (χ3v) is 6.48. The molecule has 1 aromatic heterocycles. The van der Waals surface area contributed by atoms with Gasteiger partial charge in [0.25, 0.3) is 0 Å². The molecule has 0 aromatic carbocycles. The Balaban J connectivity index is 1.35. The minimum Gasteiger partial charge on any atom is -0.389 e.